The van der Waals surface area contributed by atoms with Crippen molar-refractivity contribution >= 4 is 17.7 Å². The van der Waals surface area contributed by atoms with Crippen LogP contribution in [0.4, 0.5) is 0 Å². The van der Waals surface area contributed by atoms with E-state index in [9.17, 15) is 9.90 Å². The molecule has 5 heteroatoms. The Bertz CT molecular complexity index is 672. The number of rotatable bonds is 7. The lowest BCUT2D eigenvalue weighted by Gasteiger charge is -2.20. The van der Waals surface area contributed by atoms with Crippen LogP contribution in [0.5, 0.6) is 0 Å². The zero-order chi connectivity index (χ0) is 16.9. The fraction of sp³-hybridized carbons (Fsp3) is 0.368. The fourth-order valence-electron chi connectivity index (χ4n) is 2.56. The maximum Gasteiger partial charge on any atom is 0.253 e. The third kappa shape index (κ3) is 4.58. The Balaban J connectivity index is 1.54. The van der Waals surface area contributed by atoms with E-state index in [-0.39, 0.29) is 5.91 Å². The van der Waals surface area contributed by atoms with Gasteiger partial charge in [-0.2, -0.15) is 0 Å². The Kier molecular flexibility index (Phi) is 5.53. The molecule has 1 aromatic heterocycles. The van der Waals surface area contributed by atoms with E-state index in [1.165, 1.54) is 5.56 Å². The van der Waals surface area contributed by atoms with Gasteiger partial charge in [0.05, 0.1) is 6.10 Å². The van der Waals surface area contributed by atoms with E-state index < -0.39 is 6.10 Å². The van der Waals surface area contributed by atoms with Gasteiger partial charge in [0.2, 0.25) is 0 Å². The number of aliphatic hydroxyl groups excluding tert-OH is 1. The van der Waals surface area contributed by atoms with Gasteiger partial charge in [0.15, 0.2) is 0 Å². The Hall–Kier alpha value is -1.85. The number of aromatic nitrogens is 1. The van der Waals surface area contributed by atoms with E-state index in [1.54, 1.807) is 29.9 Å². The monoisotopic (exact) mass is 342 g/mol. The smallest absolute Gasteiger partial charge is 0.253 e. The third-order valence-electron chi connectivity index (χ3n) is 4.20. The zero-order valence-electron chi connectivity index (χ0n) is 13.8. The Morgan fingerprint density at radius 1 is 1.33 bits per heavy atom. The van der Waals surface area contributed by atoms with Gasteiger partial charge in [0, 0.05) is 42.2 Å². The number of thioether (sulfide) groups is 1. The number of benzene rings is 1. The standard InChI is InChI=1S/C19H22N2O2S/c1-21(12-18(22)15-4-5-15)19(23)16-6-8-17(9-7-16)24-13-14-3-2-10-20-11-14/h2-3,6-11,15,18,22H,4-5,12-13H2,1H3. The molecule has 0 bridgehead atoms. The van der Waals surface area contributed by atoms with Crippen molar-refractivity contribution in [2.45, 2.75) is 29.6 Å². The molecule has 1 heterocycles. The molecule has 1 saturated carbocycles. The zero-order valence-corrected chi connectivity index (χ0v) is 14.6. The number of hydrogen-bond donors (Lipinski definition) is 1. The van der Waals surface area contributed by atoms with Crippen LogP contribution in [0.2, 0.25) is 0 Å². The van der Waals surface area contributed by atoms with Crippen molar-refractivity contribution < 1.29 is 9.90 Å². The molecule has 1 aliphatic rings. The molecule has 4 nitrogen and oxygen atoms in total. The molecule has 1 amide bonds. The summed E-state index contributed by atoms with van der Waals surface area (Å²) in [5.74, 6) is 1.19. The van der Waals surface area contributed by atoms with Crippen molar-refractivity contribution in [2.75, 3.05) is 13.6 Å². The molecule has 24 heavy (non-hydrogen) atoms. The lowest BCUT2D eigenvalue weighted by atomic mass is 10.1. The van der Waals surface area contributed by atoms with Gasteiger partial charge < -0.3 is 10.0 Å². The van der Waals surface area contributed by atoms with Gasteiger partial charge in [0.1, 0.15) is 0 Å². The molecular formula is C19H22N2O2S. The maximum atomic E-state index is 12.4. The van der Waals surface area contributed by atoms with Gasteiger partial charge >= 0.3 is 0 Å². The van der Waals surface area contributed by atoms with E-state index in [0.29, 0.717) is 18.0 Å². The molecule has 1 atom stereocenters. The summed E-state index contributed by atoms with van der Waals surface area (Å²) in [6.07, 6.45) is 5.39. The molecule has 1 fully saturated rings. The molecule has 2 aromatic rings. The average Bonchev–Trinajstić information content (AvgIpc) is 3.46. The van der Waals surface area contributed by atoms with E-state index in [2.05, 4.69) is 11.1 Å². The highest BCUT2D eigenvalue weighted by Gasteiger charge is 2.31. The maximum absolute atomic E-state index is 12.4. The SMILES string of the molecule is CN(CC(O)C1CC1)C(=O)c1ccc(SCc2cccnc2)cc1. The number of aliphatic hydroxyl groups is 1. The van der Waals surface area contributed by atoms with Gasteiger partial charge in [-0.1, -0.05) is 6.07 Å². The minimum atomic E-state index is -0.395. The summed E-state index contributed by atoms with van der Waals surface area (Å²) >= 11 is 1.72. The van der Waals surface area contributed by atoms with Crippen molar-refractivity contribution in [3.63, 3.8) is 0 Å². The predicted octanol–water partition coefficient (Wildman–Crippen LogP) is 3.22. The number of carbonyl (C=O) groups excluding carboxylic acids is 1. The quantitative estimate of drug-likeness (QED) is 0.785. The van der Waals surface area contributed by atoms with Crippen molar-refractivity contribution in [3.05, 3.63) is 59.9 Å². The molecule has 0 radical (unpaired) electrons. The minimum Gasteiger partial charge on any atom is -0.391 e. The second-order valence-electron chi connectivity index (χ2n) is 6.26. The first-order valence-corrected chi connectivity index (χ1v) is 9.17. The summed E-state index contributed by atoms with van der Waals surface area (Å²) in [7, 11) is 1.75. The van der Waals surface area contributed by atoms with Crippen LogP contribution in [0.15, 0.2) is 53.7 Å². The molecule has 1 aliphatic carbocycles. The summed E-state index contributed by atoms with van der Waals surface area (Å²) in [5.41, 5.74) is 1.84. The lowest BCUT2D eigenvalue weighted by molar-refractivity contribution is 0.0645. The first-order valence-electron chi connectivity index (χ1n) is 8.19. The Morgan fingerprint density at radius 2 is 2.08 bits per heavy atom. The van der Waals surface area contributed by atoms with Crippen molar-refractivity contribution in [2.24, 2.45) is 5.92 Å². The van der Waals surface area contributed by atoms with Gasteiger partial charge in [-0.15, -0.1) is 11.8 Å². The number of hydrogen-bond acceptors (Lipinski definition) is 4. The van der Waals surface area contributed by atoms with Gasteiger partial charge in [-0.25, -0.2) is 0 Å². The summed E-state index contributed by atoms with van der Waals surface area (Å²) in [6, 6.07) is 11.6. The number of nitrogens with zero attached hydrogens (tertiary/aromatic N) is 2. The molecule has 0 aliphatic heterocycles. The normalized spacial score (nSPS) is 15.1. The molecular weight excluding hydrogens is 320 g/mol. The summed E-state index contributed by atoms with van der Waals surface area (Å²) in [5, 5.41) is 9.98. The second kappa shape index (κ2) is 7.81. The predicted molar refractivity (Wildman–Crippen MR) is 95.9 cm³/mol. The highest BCUT2D eigenvalue weighted by Crippen LogP contribution is 2.32. The average molecular weight is 342 g/mol. The number of amides is 1. The lowest BCUT2D eigenvalue weighted by Crippen LogP contribution is -2.35. The van der Waals surface area contributed by atoms with E-state index in [1.807, 2.05) is 36.5 Å². The van der Waals surface area contributed by atoms with Crippen molar-refractivity contribution in [3.8, 4) is 0 Å². The van der Waals surface area contributed by atoms with Crippen LogP contribution in [0, 0.1) is 5.92 Å². The Morgan fingerprint density at radius 3 is 2.71 bits per heavy atom. The topological polar surface area (TPSA) is 53.4 Å². The molecule has 126 valence electrons. The van der Waals surface area contributed by atoms with E-state index in [0.717, 1.165) is 23.5 Å². The van der Waals surface area contributed by atoms with E-state index >= 15 is 0 Å². The van der Waals surface area contributed by atoms with Crippen LogP contribution in [-0.2, 0) is 5.75 Å². The Labute approximate surface area is 146 Å². The molecule has 3 rings (SSSR count). The first kappa shape index (κ1) is 17.0. The van der Waals surface area contributed by atoms with Crippen LogP contribution >= 0.6 is 11.8 Å². The minimum absolute atomic E-state index is 0.0430. The third-order valence-corrected chi connectivity index (χ3v) is 5.29. The number of pyridine rings is 1. The highest BCUT2D eigenvalue weighted by molar-refractivity contribution is 7.98. The number of carbonyl (C=O) groups is 1. The summed E-state index contributed by atoms with van der Waals surface area (Å²) in [6.45, 7) is 0.404. The highest BCUT2D eigenvalue weighted by atomic mass is 32.2. The van der Waals surface area contributed by atoms with Crippen LogP contribution in [-0.4, -0.2) is 40.6 Å². The van der Waals surface area contributed by atoms with Gasteiger partial charge in [0.25, 0.3) is 5.91 Å². The molecule has 1 unspecified atom stereocenters. The fourth-order valence-corrected chi connectivity index (χ4v) is 3.39. The molecule has 0 spiro atoms. The van der Waals surface area contributed by atoms with Gasteiger partial charge in [-0.05, 0) is 54.7 Å². The van der Waals surface area contributed by atoms with Crippen molar-refractivity contribution in [1.82, 2.24) is 9.88 Å². The van der Waals surface area contributed by atoms with Crippen LogP contribution in [0.25, 0.3) is 0 Å². The first-order chi connectivity index (χ1) is 11.6. The van der Waals surface area contributed by atoms with Crippen LogP contribution < -0.4 is 0 Å². The van der Waals surface area contributed by atoms with Gasteiger partial charge in [-0.3, -0.25) is 9.78 Å². The largest absolute Gasteiger partial charge is 0.391 e. The van der Waals surface area contributed by atoms with Crippen LogP contribution in [0.3, 0.4) is 0 Å². The van der Waals surface area contributed by atoms with E-state index in [4.69, 9.17) is 0 Å². The summed E-state index contributed by atoms with van der Waals surface area (Å²) < 4.78 is 0. The summed E-state index contributed by atoms with van der Waals surface area (Å²) in [4.78, 5) is 19.3. The molecule has 1 aromatic carbocycles. The van der Waals surface area contributed by atoms with Crippen LogP contribution in [0.1, 0.15) is 28.8 Å². The molecule has 1 N–H and O–H groups in total. The molecule has 0 saturated heterocycles. The van der Waals surface area contributed by atoms with Crippen molar-refractivity contribution in [1.29, 1.82) is 0 Å². The second-order valence-corrected chi connectivity index (χ2v) is 7.31. The number of likely N-dealkylation sites (N-methyl/N-ethyl adjacent to an activating group) is 1.